The molecule has 3 heteroatoms. The van der Waals surface area contributed by atoms with Crippen LogP contribution in [0.5, 0.6) is 0 Å². The molecule has 0 aromatic rings. The molecule has 0 N–H and O–H groups in total. The third-order valence-corrected chi connectivity index (χ3v) is 5.24. The van der Waals surface area contributed by atoms with Crippen LogP contribution >= 0.6 is 0 Å². The maximum absolute atomic E-state index is 2.57. The van der Waals surface area contributed by atoms with Crippen LogP contribution in [0.15, 0.2) is 0 Å². The highest BCUT2D eigenvalue weighted by molar-refractivity contribution is 6.59. The zero-order valence-electron chi connectivity index (χ0n) is 7.31. The highest BCUT2D eigenvalue weighted by Crippen LogP contribution is 1.91. The summed E-state index contributed by atoms with van der Waals surface area (Å²) in [5.41, 5.74) is 0. The van der Waals surface area contributed by atoms with Crippen molar-refractivity contribution in [3.8, 4) is 0 Å². The molecule has 0 bridgehead atoms. The Morgan fingerprint density at radius 2 is 1.56 bits per heavy atom. The van der Waals surface area contributed by atoms with Crippen molar-refractivity contribution in [2.45, 2.75) is 26.2 Å². The first-order chi connectivity index (χ1) is 4.04. The van der Waals surface area contributed by atoms with Gasteiger partial charge < -0.3 is 4.57 Å². The van der Waals surface area contributed by atoms with Crippen LogP contribution in [0.25, 0.3) is 0 Å². The average molecular weight is 161 g/mol. The van der Waals surface area contributed by atoms with Gasteiger partial charge in [0.15, 0.2) is 0 Å². The van der Waals surface area contributed by atoms with Crippen LogP contribution in [0.2, 0.25) is 26.2 Å². The minimum absolute atomic E-state index is 0.324. The highest BCUT2D eigenvalue weighted by atomic mass is 28.3. The molecule has 0 saturated heterocycles. The van der Waals surface area contributed by atoms with E-state index in [0.29, 0.717) is 0 Å². The maximum Gasteiger partial charge on any atom is 0.105 e. The Morgan fingerprint density at radius 1 is 1.11 bits per heavy atom. The van der Waals surface area contributed by atoms with Crippen LogP contribution in [0, 0.1) is 0 Å². The van der Waals surface area contributed by atoms with E-state index in [4.69, 9.17) is 0 Å². The molecule has 0 atom stereocenters. The van der Waals surface area contributed by atoms with Gasteiger partial charge >= 0.3 is 0 Å². The summed E-state index contributed by atoms with van der Waals surface area (Å²) in [4.78, 5) is 0. The van der Waals surface area contributed by atoms with Gasteiger partial charge in [-0.3, -0.25) is 0 Å². The lowest BCUT2D eigenvalue weighted by molar-refractivity contribution is 0.610. The van der Waals surface area contributed by atoms with E-state index < -0.39 is 8.96 Å². The van der Waals surface area contributed by atoms with Crippen molar-refractivity contribution < 1.29 is 0 Å². The Balaban J connectivity index is 3.38. The fourth-order valence-corrected chi connectivity index (χ4v) is 4.89. The summed E-state index contributed by atoms with van der Waals surface area (Å²) in [6.45, 7) is 9.59. The van der Waals surface area contributed by atoms with E-state index in [1.165, 1.54) is 6.17 Å². The number of hydrogen-bond donors (Lipinski definition) is 0. The number of rotatable bonds is 3. The zero-order valence-corrected chi connectivity index (χ0v) is 9.62. The molecule has 0 aromatic carbocycles. The summed E-state index contributed by atoms with van der Waals surface area (Å²) >= 11 is 0. The van der Waals surface area contributed by atoms with E-state index in [2.05, 4.69) is 37.8 Å². The molecule has 0 fully saturated rings. The molecule has 0 spiro atoms. The molecule has 0 heterocycles. The average Bonchev–Trinajstić information content (AvgIpc) is 1.63. The van der Waals surface area contributed by atoms with Crippen molar-refractivity contribution in [2.24, 2.45) is 0 Å². The van der Waals surface area contributed by atoms with Crippen LogP contribution in [0.1, 0.15) is 0 Å². The van der Waals surface area contributed by atoms with E-state index in [-0.39, 0.29) is 8.80 Å². The second-order valence-corrected chi connectivity index (χ2v) is 9.65. The minimum Gasteiger partial charge on any atom is -0.332 e. The molecule has 0 rings (SSSR count). The summed E-state index contributed by atoms with van der Waals surface area (Å²) in [5, 5.41) is 0. The molecule has 0 unspecified atom stereocenters. The monoisotopic (exact) mass is 161 g/mol. The molecule has 0 amide bonds. The first-order valence-electron chi connectivity index (χ1n) is 3.74. The first-order valence-corrected chi connectivity index (χ1v) is 9.69. The van der Waals surface area contributed by atoms with Crippen molar-refractivity contribution in [2.75, 3.05) is 13.2 Å². The summed E-state index contributed by atoms with van der Waals surface area (Å²) in [5.74, 6) is 0. The lowest BCUT2D eigenvalue weighted by atomic mass is 11.2. The van der Waals surface area contributed by atoms with Crippen LogP contribution in [-0.4, -0.2) is 35.5 Å². The third-order valence-electron chi connectivity index (χ3n) is 1.53. The molecular weight excluding hydrogens is 142 g/mol. The topological polar surface area (TPSA) is 3.24 Å². The van der Waals surface area contributed by atoms with E-state index in [1.807, 2.05) is 0 Å². The Bertz CT molecular complexity index is 73.5. The fraction of sp³-hybridized carbons (Fsp3) is 1.00. The summed E-state index contributed by atoms with van der Waals surface area (Å²) < 4.78 is 2.57. The summed E-state index contributed by atoms with van der Waals surface area (Å²) in [6, 6.07) is 0. The van der Waals surface area contributed by atoms with Crippen molar-refractivity contribution in [3.05, 3.63) is 0 Å². The van der Waals surface area contributed by atoms with Gasteiger partial charge in [-0.05, 0) is 13.2 Å². The van der Waals surface area contributed by atoms with Crippen LogP contribution in [0.4, 0.5) is 0 Å². The molecular formula is C6H19NSi2. The predicted molar refractivity (Wildman–Crippen MR) is 50.4 cm³/mol. The van der Waals surface area contributed by atoms with Crippen molar-refractivity contribution in [1.82, 2.24) is 4.57 Å². The molecule has 0 saturated carbocycles. The molecule has 56 valence electrons. The van der Waals surface area contributed by atoms with Crippen molar-refractivity contribution in [1.29, 1.82) is 0 Å². The zero-order chi connectivity index (χ0) is 7.44. The second kappa shape index (κ2) is 4.25. The number of hydrogen-bond acceptors (Lipinski definition) is 1. The highest BCUT2D eigenvalue weighted by Gasteiger charge is 2.05. The van der Waals surface area contributed by atoms with Gasteiger partial charge in [-0.1, -0.05) is 26.2 Å². The van der Waals surface area contributed by atoms with Gasteiger partial charge in [0.25, 0.3) is 0 Å². The van der Waals surface area contributed by atoms with Gasteiger partial charge in [0.2, 0.25) is 0 Å². The second-order valence-electron chi connectivity index (χ2n) is 3.43. The number of nitrogens with zero attached hydrogens (tertiary/aromatic N) is 1. The fourth-order valence-electron chi connectivity index (χ4n) is 0.787. The normalized spacial score (nSPS) is 12.0. The maximum atomic E-state index is 2.57. The van der Waals surface area contributed by atoms with Gasteiger partial charge in [0.1, 0.15) is 8.96 Å². The lowest BCUT2D eigenvalue weighted by Gasteiger charge is -2.21. The summed E-state index contributed by atoms with van der Waals surface area (Å²) in [7, 11) is 1.49. The summed E-state index contributed by atoms with van der Waals surface area (Å²) in [6.07, 6.45) is 1.41. The van der Waals surface area contributed by atoms with E-state index in [1.54, 1.807) is 0 Å². The van der Waals surface area contributed by atoms with Crippen LogP contribution < -0.4 is 0 Å². The Hall–Kier alpha value is 0.394. The van der Waals surface area contributed by atoms with Crippen LogP contribution in [0.3, 0.4) is 0 Å². The molecule has 9 heavy (non-hydrogen) atoms. The SMILES string of the molecule is CN(C[SiH](C)C)[SiH](C)C. The van der Waals surface area contributed by atoms with Crippen LogP contribution in [-0.2, 0) is 0 Å². The van der Waals surface area contributed by atoms with Gasteiger partial charge in [-0.25, -0.2) is 0 Å². The minimum atomic E-state index is -0.453. The molecule has 0 aliphatic heterocycles. The molecule has 0 aliphatic carbocycles. The molecule has 0 radical (unpaired) electrons. The Labute approximate surface area is 62.4 Å². The smallest absolute Gasteiger partial charge is 0.105 e. The van der Waals surface area contributed by atoms with Gasteiger partial charge in [-0.2, -0.15) is 0 Å². The third kappa shape index (κ3) is 4.87. The van der Waals surface area contributed by atoms with Crippen molar-refractivity contribution in [3.63, 3.8) is 0 Å². The van der Waals surface area contributed by atoms with E-state index in [0.717, 1.165) is 0 Å². The van der Waals surface area contributed by atoms with Gasteiger partial charge in [-0.15, -0.1) is 0 Å². The standard InChI is InChI=1S/C6H19NSi2/c1-7(9(4)5)6-8(2)3/h8-9H,6H2,1-5H3. The largest absolute Gasteiger partial charge is 0.332 e. The Morgan fingerprint density at radius 3 is 1.67 bits per heavy atom. The van der Waals surface area contributed by atoms with Gasteiger partial charge in [0, 0.05) is 8.80 Å². The van der Waals surface area contributed by atoms with Crippen molar-refractivity contribution >= 4 is 17.8 Å². The van der Waals surface area contributed by atoms with Gasteiger partial charge in [0.05, 0.1) is 0 Å². The Kier molecular flexibility index (Phi) is 4.43. The molecule has 0 aromatic heterocycles. The predicted octanol–water partition coefficient (Wildman–Crippen LogP) is 0.927. The first kappa shape index (κ1) is 9.39. The molecule has 1 nitrogen and oxygen atoms in total. The van der Waals surface area contributed by atoms with E-state index in [9.17, 15) is 0 Å². The molecule has 0 aliphatic rings. The van der Waals surface area contributed by atoms with E-state index >= 15 is 0 Å². The lowest BCUT2D eigenvalue weighted by Crippen LogP contribution is -2.36. The quantitative estimate of drug-likeness (QED) is 0.557.